The SMILES string of the molecule is CCC1=NC=CC/C1=C\NCc1cnc(C2CCC2)c(C)c1. The van der Waals surface area contributed by atoms with Crippen LogP contribution in [0.3, 0.4) is 0 Å². The van der Waals surface area contributed by atoms with Crippen LogP contribution in [0.2, 0.25) is 0 Å². The predicted octanol–water partition coefficient (Wildman–Crippen LogP) is 4.40. The molecule has 0 bridgehead atoms. The second-order valence-corrected chi connectivity index (χ2v) is 6.24. The molecule has 2 heterocycles. The molecule has 0 amide bonds. The quantitative estimate of drug-likeness (QED) is 0.874. The Kier molecular flexibility index (Phi) is 4.71. The van der Waals surface area contributed by atoms with Gasteiger partial charge in [-0.3, -0.25) is 9.98 Å². The van der Waals surface area contributed by atoms with Gasteiger partial charge in [-0.05, 0) is 49.3 Å². The summed E-state index contributed by atoms with van der Waals surface area (Å²) in [5, 5.41) is 3.42. The number of aliphatic imine (C=N–C) groups is 1. The van der Waals surface area contributed by atoms with E-state index in [1.54, 1.807) is 0 Å². The fraction of sp³-hybridized carbons (Fsp3) is 0.474. The van der Waals surface area contributed by atoms with Crippen LogP contribution in [0.15, 0.2) is 41.3 Å². The second-order valence-electron chi connectivity index (χ2n) is 6.24. The summed E-state index contributed by atoms with van der Waals surface area (Å²) < 4.78 is 0. The van der Waals surface area contributed by atoms with Gasteiger partial charge in [0.2, 0.25) is 0 Å². The molecule has 0 atom stereocenters. The smallest absolute Gasteiger partial charge is 0.0463 e. The van der Waals surface area contributed by atoms with E-state index in [1.165, 1.54) is 47.4 Å². The molecule has 1 aliphatic carbocycles. The third-order valence-electron chi connectivity index (χ3n) is 4.63. The highest BCUT2D eigenvalue weighted by Gasteiger charge is 2.22. The van der Waals surface area contributed by atoms with Crippen molar-refractivity contribution in [3.8, 4) is 0 Å². The lowest BCUT2D eigenvalue weighted by Crippen LogP contribution is -2.14. The number of hydrogen-bond donors (Lipinski definition) is 1. The van der Waals surface area contributed by atoms with Crippen molar-refractivity contribution in [1.29, 1.82) is 0 Å². The summed E-state index contributed by atoms with van der Waals surface area (Å²) in [6.45, 7) is 5.16. The third-order valence-corrected chi connectivity index (χ3v) is 4.63. The zero-order valence-electron chi connectivity index (χ0n) is 13.6. The van der Waals surface area contributed by atoms with Gasteiger partial charge in [0.15, 0.2) is 0 Å². The first-order chi connectivity index (χ1) is 10.8. The van der Waals surface area contributed by atoms with Crippen LogP contribution >= 0.6 is 0 Å². The first-order valence-corrected chi connectivity index (χ1v) is 8.38. The van der Waals surface area contributed by atoms with E-state index in [9.17, 15) is 0 Å². The Hall–Kier alpha value is -1.90. The summed E-state index contributed by atoms with van der Waals surface area (Å²) in [7, 11) is 0. The van der Waals surface area contributed by atoms with Gasteiger partial charge >= 0.3 is 0 Å². The maximum atomic E-state index is 4.70. The van der Waals surface area contributed by atoms with Crippen LogP contribution < -0.4 is 5.32 Å². The highest BCUT2D eigenvalue weighted by molar-refractivity contribution is 6.01. The van der Waals surface area contributed by atoms with Crippen molar-refractivity contribution >= 4 is 5.71 Å². The number of pyridine rings is 1. The zero-order chi connectivity index (χ0) is 15.4. The highest BCUT2D eigenvalue weighted by atomic mass is 14.8. The molecule has 3 rings (SSSR count). The van der Waals surface area contributed by atoms with Crippen LogP contribution in [0.1, 0.15) is 61.8 Å². The summed E-state index contributed by atoms with van der Waals surface area (Å²) in [5.41, 5.74) is 6.38. The summed E-state index contributed by atoms with van der Waals surface area (Å²) >= 11 is 0. The monoisotopic (exact) mass is 295 g/mol. The largest absolute Gasteiger partial charge is 0.386 e. The van der Waals surface area contributed by atoms with Crippen LogP contribution in [0.5, 0.6) is 0 Å². The Labute approximate surface area is 133 Å². The van der Waals surface area contributed by atoms with E-state index >= 15 is 0 Å². The minimum atomic E-state index is 0.710. The minimum absolute atomic E-state index is 0.710. The van der Waals surface area contributed by atoms with E-state index in [4.69, 9.17) is 4.98 Å². The zero-order valence-corrected chi connectivity index (χ0v) is 13.6. The van der Waals surface area contributed by atoms with E-state index in [2.05, 4.69) is 42.5 Å². The lowest BCUT2D eigenvalue weighted by atomic mass is 9.81. The molecule has 1 aliphatic heterocycles. The van der Waals surface area contributed by atoms with Gasteiger partial charge in [-0.1, -0.05) is 25.5 Å². The van der Waals surface area contributed by atoms with Gasteiger partial charge < -0.3 is 5.32 Å². The molecule has 1 aromatic rings. The first kappa shape index (κ1) is 15.0. The van der Waals surface area contributed by atoms with Crippen molar-refractivity contribution in [2.24, 2.45) is 4.99 Å². The molecule has 1 fully saturated rings. The van der Waals surface area contributed by atoms with E-state index in [1.807, 2.05) is 12.4 Å². The molecule has 3 nitrogen and oxygen atoms in total. The molecule has 2 aliphatic rings. The number of nitrogens with one attached hydrogen (secondary N) is 1. The molecule has 0 aromatic carbocycles. The summed E-state index contributed by atoms with van der Waals surface area (Å²) in [6, 6.07) is 2.28. The molecule has 1 saturated carbocycles. The normalized spacial score (nSPS) is 19.9. The lowest BCUT2D eigenvalue weighted by Gasteiger charge is -2.26. The van der Waals surface area contributed by atoms with E-state index in [-0.39, 0.29) is 0 Å². The maximum Gasteiger partial charge on any atom is 0.0463 e. The number of nitrogens with zero attached hydrogens (tertiary/aromatic N) is 2. The van der Waals surface area contributed by atoms with E-state index < -0.39 is 0 Å². The average molecular weight is 295 g/mol. The van der Waals surface area contributed by atoms with Crippen LogP contribution in [-0.2, 0) is 6.54 Å². The van der Waals surface area contributed by atoms with Gasteiger partial charge in [0.05, 0.1) is 0 Å². The van der Waals surface area contributed by atoms with Crippen molar-refractivity contribution < 1.29 is 0 Å². The van der Waals surface area contributed by atoms with Gasteiger partial charge in [-0.2, -0.15) is 0 Å². The Morgan fingerprint density at radius 3 is 2.91 bits per heavy atom. The molecule has 3 heteroatoms. The number of aromatic nitrogens is 1. The number of aryl methyl sites for hydroxylation is 1. The van der Waals surface area contributed by atoms with Gasteiger partial charge in [0.1, 0.15) is 0 Å². The van der Waals surface area contributed by atoms with Gasteiger partial charge in [-0.15, -0.1) is 0 Å². The van der Waals surface area contributed by atoms with Crippen LogP contribution in [0, 0.1) is 6.92 Å². The number of allylic oxidation sites excluding steroid dienone is 2. The van der Waals surface area contributed by atoms with Gasteiger partial charge in [0.25, 0.3) is 0 Å². The summed E-state index contributed by atoms with van der Waals surface area (Å²) in [4.78, 5) is 9.13. The van der Waals surface area contributed by atoms with E-state index in [0.717, 1.165) is 19.4 Å². The van der Waals surface area contributed by atoms with Crippen molar-refractivity contribution in [3.05, 3.63) is 53.1 Å². The summed E-state index contributed by atoms with van der Waals surface area (Å²) in [6.07, 6.45) is 14.1. The van der Waals surface area contributed by atoms with Gasteiger partial charge in [0, 0.05) is 42.5 Å². The fourth-order valence-electron chi connectivity index (χ4n) is 3.13. The fourth-order valence-corrected chi connectivity index (χ4v) is 3.13. The molecule has 1 N–H and O–H groups in total. The molecule has 1 aromatic heterocycles. The third kappa shape index (κ3) is 3.29. The average Bonchev–Trinajstić information content (AvgIpc) is 2.48. The molecule has 116 valence electrons. The summed E-state index contributed by atoms with van der Waals surface area (Å²) in [5.74, 6) is 0.710. The van der Waals surface area contributed by atoms with Crippen LogP contribution in [0.4, 0.5) is 0 Å². The first-order valence-electron chi connectivity index (χ1n) is 8.38. The van der Waals surface area contributed by atoms with Crippen molar-refractivity contribution in [1.82, 2.24) is 10.3 Å². The molecule has 0 unspecified atom stereocenters. The predicted molar refractivity (Wildman–Crippen MR) is 92.0 cm³/mol. The molecular weight excluding hydrogens is 270 g/mol. The minimum Gasteiger partial charge on any atom is -0.386 e. The highest BCUT2D eigenvalue weighted by Crippen LogP contribution is 2.36. The molecular formula is C19H25N3. The van der Waals surface area contributed by atoms with Crippen molar-refractivity contribution in [2.45, 2.75) is 58.4 Å². The number of rotatable bonds is 5. The molecule has 22 heavy (non-hydrogen) atoms. The standard InChI is InChI=1S/C19H25N3/c1-3-18-17(8-5-9-21-18)13-20-11-15-10-14(2)19(22-12-15)16-6-4-7-16/h5,9-10,12-13,16,20H,3-4,6-8,11H2,1-2H3/b17-13+. The Bertz CT molecular complexity index is 622. The van der Waals surface area contributed by atoms with Crippen molar-refractivity contribution in [2.75, 3.05) is 0 Å². The second kappa shape index (κ2) is 6.91. The van der Waals surface area contributed by atoms with Crippen LogP contribution in [-0.4, -0.2) is 10.7 Å². The molecule has 0 saturated heterocycles. The maximum absolute atomic E-state index is 4.70. The molecule has 0 spiro atoms. The Morgan fingerprint density at radius 2 is 2.23 bits per heavy atom. The lowest BCUT2D eigenvalue weighted by molar-refractivity contribution is 0.409. The van der Waals surface area contributed by atoms with E-state index in [0.29, 0.717) is 5.92 Å². The Balaban J connectivity index is 1.61. The number of hydrogen-bond acceptors (Lipinski definition) is 3. The molecule has 0 radical (unpaired) electrons. The topological polar surface area (TPSA) is 37.3 Å². The van der Waals surface area contributed by atoms with Gasteiger partial charge in [-0.25, -0.2) is 0 Å². The van der Waals surface area contributed by atoms with Crippen LogP contribution in [0.25, 0.3) is 0 Å². The van der Waals surface area contributed by atoms with Crippen molar-refractivity contribution in [3.63, 3.8) is 0 Å². The Morgan fingerprint density at radius 1 is 1.36 bits per heavy atom.